The van der Waals surface area contributed by atoms with Crippen LogP contribution in [-0.4, -0.2) is 59.7 Å². The minimum absolute atomic E-state index is 0.472. The van der Waals surface area contributed by atoms with Crippen LogP contribution in [0, 0.1) is 0 Å². The number of anilines is 2. The van der Waals surface area contributed by atoms with E-state index in [9.17, 15) is 0 Å². The van der Waals surface area contributed by atoms with Gasteiger partial charge in [-0.15, -0.1) is 0 Å². The van der Waals surface area contributed by atoms with E-state index in [4.69, 9.17) is 9.37 Å². The second-order valence-corrected chi connectivity index (χ2v) is 5.78. The smallest absolute Gasteiger partial charge is 0.245 e. The Bertz CT molecular complexity index is 631. The number of fused-ring (bicyclic) bond motifs is 1. The molecule has 0 aliphatic carbocycles. The van der Waals surface area contributed by atoms with E-state index in [2.05, 4.69) is 30.1 Å². The van der Waals surface area contributed by atoms with Gasteiger partial charge in [0.25, 0.3) is 0 Å². The maximum Gasteiger partial charge on any atom is 0.245 e. The quantitative estimate of drug-likeness (QED) is 0.819. The molecule has 0 spiro atoms. The normalized spacial score (nSPS) is 20.4. The van der Waals surface area contributed by atoms with E-state index in [1.54, 1.807) is 0 Å². The van der Waals surface area contributed by atoms with Gasteiger partial charge in [0.15, 0.2) is 11.6 Å². The fourth-order valence-corrected chi connectivity index (χ4v) is 3.10. The average molecular weight is 304 g/mol. The van der Waals surface area contributed by atoms with Crippen molar-refractivity contribution in [2.75, 3.05) is 49.2 Å². The second-order valence-electron chi connectivity index (χ2n) is 5.78. The highest BCUT2D eigenvalue weighted by molar-refractivity contribution is 5.74. The summed E-state index contributed by atoms with van der Waals surface area (Å²) in [5, 5.41) is 7.70. The molecule has 0 N–H and O–H groups in total. The van der Waals surface area contributed by atoms with Gasteiger partial charge < -0.3 is 14.5 Å². The van der Waals surface area contributed by atoms with E-state index in [1.165, 1.54) is 25.7 Å². The lowest BCUT2D eigenvalue weighted by molar-refractivity contribution is 0.122. The Morgan fingerprint density at radius 1 is 0.682 bits per heavy atom. The summed E-state index contributed by atoms with van der Waals surface area (Å²) < 4.78 is 10.2. The molecule has 2 aromatic rings. The highest BCUT2D eigenvalue weighted by Crippen LogP contribution is 2.29. The third-order valence-corrected chi connectivity index (χ3v) is 4.29. The van der Waals surface area contributed by atoms with Crippen LogP contribution in [0.15, 0.2) is 4.63 Å². The van der Waals surface area contributed by atoms with Gasteiger partial charge in [0.05, 0.1) is 13.2 Å². The Balaban J connectivity index is 1.75. The van der Waals surface area contributed by atoms with Gasteiger partial charge in [0.1, 0.15) is 0 Å². The van der Waals surface area contributed by atoms with Crippen molar-refractivity contribution >= 4 is 22.9 Å². The molecule has 8 heteroatoms. The standard InChI is InChI=1S/C14H20N6O2/c1-2-4-6-19(5-3-1)13-14(20-7-9-21-10-8-20)16-12-11(15-13)17-22-18-12/h1-10H2. The summed E-state index contributed by atoms with van der Waals surface area (Å²) in [7, 11) is 0. The zero-order valence-electron chi connectivity index (χ0n) is 12.6. The van der Waals surface area contributed by atoms with E-state index in [0.29, 0.717) is 11.3 Å². The maximum atomic E-state index is 5.45. The summed E-state index contributed by atoms with van der Waals surface area (Å²) in [6, 6.07) is 0. The molecule has 2 saturated heterocycles. The monoisotopic (exact) mass is 304 g/mol. The first-order valence-corrected chi connectivity index (χ1v) is 8.00. The van der Waals surface area contributed by atoms with Crippen LogP contribution in [0.3, 0.4) is 0 Å². The van der Waals surface area contributed by atoms with Crippen molar-refractivity contribution in [3.8, 4) is 0 Å². The Labute approximate surface area is 128 Å². The third-order valence-electron chi connectivity index (χ3n) is 4.29. The van der Waals surface area contributed by atoms with Gasteiger partial charge in [-0.05, 0) is 23.2 Å². The Morgan fingerprint density at radius 2 is 1.23 bits per heavy atom. The first kappa shape index (κ1) is 13.7. The number of rotatable bonds is 2. The summed E-state index contributed by atoms with van der Waals surface area (Å²) in [4.78, 5) is 13.9. The molecule has 2 aliphatic heterocycles. The predicted octanol–water partition coefficient (Wildman–Crippen LogP) is 1.23. The van der Waals surface area contributed by atoms with E-state index in [1.807, 2.05) is 0 Å². The number of morpholine rings is 1. The van der Waals surface area contributed by atoms with Gasteiger partial charge in [-0.3, -0.25) is 0 Å². The number of hydrogen-bond acceptors (Lipinski definition) is 8. The third kappa shape index (κ3) is 2.58. The van der Waals surface area contributed by atoms with Crippen LogP contribution in [-0.2, 0) is 4.74 Å². The minimum Gasteiger partial charge on any atom is -0.378 e. The van der Waals surface area contributed by atoms with Crippen LogP contribution in [0.5, 0.6) is 0 Å². The van der Waals surface area contributed by atoms with Crippen molar-refractivity contribution in [3.63, 3.8) is 0 Å². The molecule has 0 bridgehead atoms. The molecule has 4 rings (SSSR count). The van der Waals surface area contributed by atoms with Gasteiger partial charge in [-0.25, -0.2) is 14.6 Å². The molecule has 8 nitrogen and oxygen atoms in total. The van der Waals surface area contributed by atoms with Crippen LogP contribution < -0.4 is 9.80 Å². The van der Waals surface area contributed by atoms with Gasteiger partial charge in [-0.1, -0.05) is 12.8 Å². The van der Waals surface area contributed by atoms with Crippen LogP contribution in [0.25, 0.3) is 11.3 Å². The molecule has 0 saturated carbocycles. The summed E-state index contributed by atoms with van der Waals surface area (Å²) in [5.41, 5.74) is 0.955. The Morgan fingerprint density at radius 3 is 1.82 bits per heavy atom. The zero-order chi connectivity index (χ0) is 14.8. The van der Waals surface area contributed by atoms with Gasteiger partial charge in [-0.2, -0.15) is 0 Å². The molecule has 0 aromatic carbocycles. The van der Waals surface area contributed by atoms with Crippen LogP contribution in [0.2, 0.25) is 0 Å². The van der Waals surface area contributed by atoms with Crippen molar-refractivity contribution in [3.05, 3.63) is 0 Å². The van der Waals surface area contributed by atoms with Crippen molar-refractivity contribution in [1.82, 2.24) is 20.3 Å². The van der Waals surface area contributed by atoms with E-state index >= 15 is 0 Å². The predicted molar refractivity (Wildman–Crippen MR) is 81.1 cm³/mol. The molecule has 0 atom stereocenters. The van der Waals surface area contributed by atoms with E-state index in [-0.39, 0.29) is 0 Å². The van der Waals surface area contributed by atoms with E-state index in [0.717, 1.165) is 51.0 Å². The summed E-state index contributed by atoms with van der Waals surface area (Å²) in [5.74, 6) is 1.79. The van der Waals surface area contributed by atoms with E-state index < -0.39 is 0 Å². The van der Waals surface area contributed by atoms with Crippen molar-refractivity contribution in [2.24, 2.45) is 0 Å². The SMILES string of the molecule is C1CCCN(c2nc3nonc3nc2N2CCOCC2)CC1. The maximum absolute atomic E-state index is 5.45. The fraction of sp³-hybridized carbons (Fsp3) is 0.714. The first-order chi connectivity index (χ1) is 10.9. The number of nitrogens with zero attached hydrogens (tertiary/aromatic N) is 6. The lowest BCUT2D eigenvalue weighted by Gasteiger charge is -2.31. The second kappa shape index (κ2) is 6.04. The zero-order valence-corrected chi connectivity index (χ0v) is 12.6. The molecule has 4 heterocycles. The van der Waals surface area contributed by atoms with Crippen LogP contribution >= 0.6 is 0 Å². The van der Waals surface area contributed by atoms with Gasteiger partial charge in [0, 0.05) is 26.2 Å². The van der Waals surface area contributed by atoms with Crippen molar-refractivity contribution in [1.29, 1.82) is 0 Å². The number of hydrogen-bond donors (Lipinski definition) is 0. The van der Waals surface area contributed by atoms with Gasteiger partial charge in [0.2, 0.25) is 11.3 Å². The minimum atomic E-state index is 0.472. The molecule has 2 aliphatic rings. The molecule has 22 heavy (non-hydrogen) atoms. The molecular weight excluding hydrogens is 284 g/mol. The molecule has 2 fully saturated rings. The van der Waals surface area contributed by atoms with Crippen molar-refractivity contribution in [2.45, 2.75) is 25.7 Å². The number of aromatic nitrogens is 4. The van der Waals surface area contributed by atoms with Crippen molar-refractivity contribution < 1.29 is 9.37 Å². The molecule has 0 unspecified atom stereocenters. The largest absolute Gasteiger partial charge is 0.378 e. The molecule has 0 amide bonds. The summed E-state index contributed by atoms with van der Waals surface area (Å²) in [6.45, 7) is 5.12. The van der Waals surface area contributed by atoms with Gasteiger partial charge >= 0.3 is 0 Å². The fourth-order valence-electron chi connectivity index (χ4n) is 3.10. The Hall–Kier alpha value is -1.96. The molecule has 2 aromatic heterocycles. The lowest BCUT2D eigenvalue weighted by Crippen LogP contribution is -2.38. The first-order valence-electron chi connectivity index (χ1n) is 8.00. The Kier molecular flexibility index (Phi) is 3.75. The summed E-state index contributed by atoms with van der Waals surface area (Å²) >= 11 is 0. The highest BCUT2D eigenvalue weighted by atomic mass is 16.6. The molecule has 118 valence electrons. The number of ether oxygens (including phenoxy) is 1. The lowest BCUT2D eigenvalue weighted by atomic mass is 10.2. The molecule has 0 radical (unpaired) electrons. The molecular formula is C14H20N6O2. The topological polar surface area (TPSA) is 80.4 Å². The highest BCUT2D eigenvalue weighted by Gasteiger charge is 2.24. The average Bonchev–Trinajstić information content (AvgIpc) is 2.86. The van der Waals surface area contributed by atoms with Crippen LogP contribution in [0.4, 0.5) is 11.6 Å². The summed E-state index contributed by atoms with van der Waals surface area (Å²) in [6.07, 6.45) is 4.95. The van der Waals surface area contributed by atoms with Crippen LogP contribution in [0.1, 0.15) is 25.7 Å².